The SMILES string of the molecule is CCC(N)C(Sc1cccc(OC)c1)c1ccccc1Br. The van der Waals surface area contributed by atoms with Gasteiger partial charge in [-0.15, -0.1) is 11.8 Å². The van der Waals surface area contributed by atoms with Gasteiger partial charge in [0.15, 0.2) is 0 Å². The summed E-state index contributed by atoms with van der Waals surface area (Å²) in [5.74, 6) is 0.871. The van der Waals surface area contributed by atoms with E-state index in [4.69, 9.17) is 10.5 Å². The van der Waals surface area contributed by atoms with Gasteiger partial charge in [-0.25, -0.2) is 0 Å². The van der Waals surface area contributed by atoms with Crippen molar-refractivity contribution in [2.24, 2.45) is 5.73 Å². The second kappa shape index (κ2) is 7.87. The smallest absolute Gasteiger partial charge is 0.119 e. The van der Waals surface area contributed by atoms with Crippen LogP contribution in [0.25, 0.3) is 0 Å². The molecular weight excluding hydrogens is 346 g/mol. The first-order chi connectivity index (χ1) is 10.2. The van der Waals surface area contributed by atoms with E-state index in [1.165, 1.54) is 10.5 Å². The van der Waals surface area contributed by atoms with Crippen LogP contribution < -0.4 is 10.5 Å². The normalized spacial score (nSPS) is 13.7. The van der Waals surface area contributed by atoms with E-state index in [1.54, 1.807) is 18.9 Å². The minimum absolute atomic E-state index is 0.0971. The third-order valence-electron chi connectivity index (χ3n) is 3.38. The van der Waals surface area contributed by atoms with Crippen molar-refractivity contribution < 1.29 is 4.74 Å². The molecule has 2 aromatic carbocycles. The third-order valence-corrected chi connectivity index (χ3v) is 5.48. The van der Waals surface area contributed by atoms with E-state index in [0.717, 1.165) is 16.6 Å². The second-order valence-electron chi connectivity index (χ2n) is 4.81. The average molecular weight is 366 g/mol. The number of ether oxygens (including phenoxy) is 1. The van der Waals surface area contributed by atoms with Gasteiger partial charge >= 0.3 is 0 Å². The van der Waals surface area contributed by atoms with Gasteiger partial charge in [-0.05, 0) is 36.2 Å². The van der Waals surface area contributed by atoms with Gasteiger partial charge in [-0.1, -0.05) is 47.1 Å². The number of methoxy groups -OCH3 is 1. The van der Waals surface area contributed by atoms with Gasteiger partial charge in [0.2, 0.25) is 0 Å². The van der Waals surface area contributed by atoms with Gasteiger partial charge in [-0.2, -0.15) is 0 Å². The Morgan fingerprint density at radius 2 is 1.95 bits per heavy atom. The Hall–Kier alpha value is -0.970. The van der Waals surface area contributed by atoms with E-state index < -0.39 is 0 Å². The van der Waals surface area contributed by atoms with Crippen LogP contribution in [-0.4, -0.2) is 13.2 Å². The molecule has 2 unspecified atom stereocenters. The van der Waals surface area contributed by atoms with Gasteiger partial charge in [0.25, 0.3) is 0 Å². The molecule has 0 bridgehead atoms. The lowest BCUT2D eigenvalue weighted by atomic mass is 10.0. The minimum atomic E-state index is 0.0971. The lowest BCUT2D eigenvalue weighted by molar-refractivity contribution is 0.413. The van der Waals surface area contributed by atoms with Crippen molar-refractivity contribution in [1.82, 2.24) is 0 Å². The van der Waals surface area contributed by atoms with E-state index in [2.05, 4.69) is 53.2 Å². The van der Waals surface area contributed by atoms with Crippen molar-refractivity contribution in [3.63, 3.8) is 0 Å². The summed E-state index contributed by atoms with van der Waals surface area (Å²) >= 11 is 5.43. The number of hydrogen-bond acceptors (Lipinski definition) is 3. The topological polar surface area (TPSA) is 35.2 Å². The molecule has 0 saturated carbocycles. The predicted octanol–water partition coefficient (Wildman–Crippen LogP) is 5.03. The highest BCUT2D eigenvalue weighted by Crippen LogP contribution is 2.41. The first-order valence-corrected chi connectivity index (χ1v) is 8.63. The van der Waals surface area contributed by atoms with Gasteiger partial charge in [0.05, 0.1) is 12.4 Å². The van der Waals surface area contributed by atoms with Gasteiger partial charge in [0, 0.05) is 15.4 Å². The zero-order valence-electron chi connectivity index (χ0n) is 12.3. The van der Waals surface area contributed by atoms with Gasteiger partial charge in [0.1, 0.15) is 5.75 Å². The molecule has 112 valence electrons. The zero-order chi connectivity index (χ0) is 15.2. The summed E-state index contributed by atoms with van der Waals surface area (Å²) < 4.78 is 6.40. The summed E-state index contributed by atoms with van der Waals surface area (Å²) in [4.78, 5) is 1.17. The molecule has 0 saturated heterocycles. The molecule has 21 heavy (non-hydrogen) atoms. The monoisotopic (exact) mass is 365 g/mol. The molecule has 0 spiro atoms. The molecule has 2 nitrogen and oxygen atoms in total. The number of nitrogens with two attached hydrogens (primary N) is 1. The largest absolute Gasteiger partial charge is 0.497 e. The molecule has 0 aromatic heterocycles. The third kappa shape index (κ3) is 4.25. The van der Waals surface area contributed by atoms with Crippen LogP contribution in [0, 0.1) is 0 Å². The molecule has 2 N–H and O–H groups in total. The lowest BCUT2D eigenvalue weighted by Crippen LogP contribution is -2.25. The summed E-state index contributed by atoms with van der Waals surface area (Å²) in [6.07, 6.45) is 0.934. The van der Waals surface area contributed by atoms with E-state index in [0.29, 0.717) is 0 Å². The van der Waals surface area contributed by atoms with E-state index in [-0.39, 0.29) is 11.3 Å². The number of rotatable bonds is 6. The van der Waals surface area contributed by atoms with E-state index in [1.807, 2.05) is 18.2 Å². The first-order valence-electron chi connectivity index (χ1n) is 6.96. The molecule has 0 aliphatic heterocycles. The fourth-order valence-electron chi connectivity index (χ4n) is 2.12. The molecule has 0 aliphatic rings. The zero-order valence-corrected chi connectivity index (χ0v) is 14.7. The fourth-order valence-corrected chi connectivity index (χ4v) is 4.14. The molecule has 0 heterocycles. The van der Waals surface area contributed by atoms with Crippen LogP contribution in [0.4, 0.5) is 0 Å². The quantitative estimate of drug-likeness (QED) is 0.729. The molecule has 0 fully saturated rings. The summed E-state index contributed by atoms with van der Waals surface area (Å²) in [7, 11) is 1.69. The van der Waals surface area contributed by atoms with Crippen LogP contribution in [0.5, 0.6) is 5.75 Å². The molecule has 2 aromatic rings. The maximum absolute atomic E-state index is 6.36. The maximum Gasteiger partial charge on any atom is 0.119 e. The minimum Gasteiger partial charge on any atom is -0.497 e. The summed E-state index contributed by atoms with van der Waals surface area (Å²) in [6, 6.07) is 16.5. The Labute approximate surface area is 139 Å². The molecule has 0 amide bonds. The maximum atomic E-state index is 6.36. The van der Waals surface area contributed by atoms with E-state index in [9.17, 15) is 0 Å². The number of halogens is 1. The van der Waals surface area contributed by atoms with Crippen LogP contribution in [-0.2, 0) is 0 Å². The van der Waals surface area contributed by atoms with Crippen molar-refractivity contribution in [2.45, 2.75) is 29.5 Å². The molecular formula is C17H20BrNOS. The number of benzene rings is 2. The molecule has 2 rings (SSSR count). The molecule has 2 atom stereocenters. The second-order valence-corrected chi connectivity index (χ2v) is 6.88. The van der Waals surface area contributed by atoms with Crippen molar-refractivity contribution in [3.05, 3.63) is 58.6 Å². The van der Waals surface area contributed by atoms with Gasteiger partial charge < -0.3 is 10.5 Å². The first kappa shape index (κ1) is 16.4. The summed E-state index contributed by atoms with van der Waals surface area (Å²) in [5, 5.41) is 0.206. The summed E-state index contributed by atoms with van der Waals surface area (Å²) in [5.41, 5.74) is 7.60. The van der Waals surface area contributed by atoms with Crippen LogP contribution in [0.3, 0.4) is 0 Å². The van der Waals surface area contributed by atoms with E-state index >= 15 is 0 Å². The number of hydrogen-bond donors (Lipinski definition) is 1. The molecule has 0 radical (unpaired) electrons. The van der Waals surface area contributed by atoms with Crippen LogP contribution in [0.1, 0.15) is 24.2 Å². The van der Waals surface area contributed by atoms with Crippen molar-refractivity contribution >= 4 is 27.7 Å². The molecule has 0 aliphatic carbocycles. The Bertz CT molecular complexity index is 591. The fraction of sp³-hybridized carbons (Fsp3) is 0.294. The predicted molar refractivity (Wildman–Crippen MR) is 94.0 cm³/mol. The summed E-state index contributed by atoms with van der Waals surface area (Å²) in [6.45, 7) is 2.13. The Balaban J connectivity index is 2.31. The highest BCUT2D eigenvalue weighted by Gasteiger charge is 2.22. The standard InChI is InChI=1S/C17H20BrNOS/c1-3-16(19)17(14-9-4-5-10-15(14)18)21-13-8-6-7-12(11-13)20-2/h4-11,16-17H,3,19H2,1-2H3. The Kier molecular flexibility index (Phi) is 6.15. The van der Waals surface area contributed by atoms with Gasteiger partial charge in [-0.3, -0.25) is 0 Å². The van der Waals surface area contributed by atoms with Crippen LogP contribution >= 0.6 is 27.7 Å². The Morgan fingerprint density at radius 3 is 2.62 bits per heavy atom. The lowest BCUT2D eigenvalue weighted by Gasteiger charge is -2.24. The highest BCUT2D eigenvalue weighted by molar-refractivity contribution is 9.10. The van der Waals surface area contributed by atoms with Crippen LogP contribution in [0.15, 0.2) is 57.9 Å². The average Bonchev–Trinajstić information content (AvgIpc) is 2.53. The van der Waals surface area contributed by atoms with Crippen molar-refractivity contribution in [2.75, 3.05) is 7.11 Å². The van der Waals surface area contributed by atoms with Crippen molar-refractivity contribution in [1.29, 1.82) is 0 Å². The van der Waals surface area contributed by atoms with Crippen molar-refractivity contribution in [3.8, 4) is 5.75 Å². The highest BCUT2D eigenvalue weighted by atomic mass is 79.9. The van der Waals surface area contributed by atoms with Crippen LogP contribution in [0.2, 0.25) is 0 Å². The Morgan fingerprint density at radius 1 is 1.19 bits per heavy atom. The molecule has 4 heteroatoms. The number of thioether (sulfide) groups is 1.